The van der Waals surface area contributed by atoms with E-state index in [1.807, 2.05) is 42.6 Å². The predicted molar refractivity (Wildman–Crippen MR) is 87.0 cm³/mol. The number of rotatable bonds is 4. The Kier molecular flexibility index (Phi) is 3.77. The second-order valence-electron chi connectivity index (χ2n) is 5.16. The largest absolute Gasteiger partial charge is 0.368 e. The second-order valence-corrected chi connectivity index (χ2v) is 6.02. The van der Waals surface area contributed by atoms with Crippen LogP contribution in [0.5, 0.6) is 0 Å². The van der Waals surface area contributed by atoms with Gasteiger partial charge in [-0.15, -0.1) is 11.3 Å². The Morgan fingerprint density at radius 2 is 2.09 bits per heavy atom. The van der Waals surface area contributed by atoms with E-state index in [1.54, 1.807) is 0 Å². The Hall–Kier alpha value is -2.47. The standard InChI is InChI=1S/C16H15N3O2S/c1-10-8-22-15-13(10)16(21)19(9-18-15)12(14(17)20)7-11-5-3-2-4-6-11/h2-6,8-9,12H,7H2,1H3,(H2,17,20)/t12-/m0/s1. The lowest BCUT2D eigenvalue weighted by atomic mass is 10.1. The van der Waals surface area contributed by atoms with Crippen molar-refractivity contribution >= 4 is 27.5 Å². The Bertz CT molecular complexity index is 883. The Morgan fingerprint density at radius 3 is 2.77 bits per heavy atom. The highest BCUT2D eigenvalue weighted by Crippen LogP contribution is 2.21. The van der Waals surface area contributed by atoms with Crippen molar-refractivity contribution in [2.24, 2.45) is 5.73 Å². The van der Waals surface area contributed by atoms with Crippen molar-refractivity contribution in [2.75, 3.05) is 0 Å². The summed E-state index contributed by atoms with van der Waals surface area (Å²) in [7, 11) is 0. The average Bonchev–Trinajstić information content (AvgIpc) is 2.89. The maximum atomic E-state index is 12.7. The van der Waals surface area contributed by atoms with Crippen molar-refractivity contribution in [3.05, 3.63) is 63.5 Å². The van der Waals surface area contributed by atoms with Crippen LogP contribution in [-0.2, 0) is 11.2 Å². The van der Waals surface area contributed by atoms with Gasteiger partial charge in [0, 0.05) is 6.42 Å². The number of aromatic nitrogens is 2. The highest BCUT2D eigenvalue weighted by molar-refractivity contribution is 7.16. The molecule has 3 rings (SSSR count). The summed E-state index contributed by atoms with van der Waals surface area (Å²) in [4.78, 5) is 29.5. The normalized spacial score (nSPS) is 12.4. The molecule has 1 atom stereocenters. The van der Waals surface area contributed by atoms with E-state index in [0.29, 0.717) is 16.6 Å². The number of amides is 1. The van der Waals surface area contributed by atoms with Crippen LogP contribution in [0.15, 0.2) is 46.8 Å². The summed E-state index contributed by atoms with van der Waals surface area (Å²) in [6.07, 6.45) is 1.78. The quantitative estimate of drug-likeness (QED) is 0.800. The van der Waals surface area contributed by atoms with Gasteiger partial charge in [0.15, 0.2) is 0 Å². The summed E-state index contributed by atoms with van der Waals surface area (Å²) in [5.41, 5.74) is 7.11. The molecule has 0 aliphatic heterocycles. The van der Waals surface area contributed by atoms with Crippen LogP contribution in [0.25, 0.3) is 10.2 Å². The van der Waals surface area contributed by atoms with Gasteiger partial charge >= 0.3 is 0 Å². The van der Waals surface area contributed by atoms with Crippen molar-refractivity contribution in [3.8, 4) is 0 Å². The Balaban J connectivity index is 2.09. The van der Waals surface area contributed by atoms with E-state index in [4.69, 9.17) is 5.73 Å². The number of benzene rings is 1. The van der Waals surface area contributed by atoms with Crippen molar-refractivity contribution in [1.29, 1.82) is 0 Å². The van der Waals surface area contributed by atoms with Crippen molar-refractivity contribution < 1.29 is 4.79 Å². The van der Waals surface area contributed by atoms with E-state index in [0.717, 1.165) is 11.1 Å². The van der Waals surface area contributed by atoms with Gasteiger partial charge in [0.1, 0.15) is 10.9 Å². The number of aryl methyl sites for hydroxylation is 1. The van der Waals surface area contributed by atoms with Crippen LogP contribution in [0, 0.1) is 6.92 Å². The lowest BCUT2D eigenvalue weighted by Gasteiger charge is -2.16. The van der Waals surface area contributed by atoms with Gasteiger partial charge in [-0.3, -0.25) is 14.2 Å². The molecular weight excluding hydrogens is 298 g/mol. The molecule has 1 amide bonds. The highest BCUT2D eigenvalue weighted by atomic mass is 32.1. The van der Waals surface area contributed by atoms with Gasteiger partial charge in [0.2, 0.25) is 5.91 Å². The van der Waals surface area contributed by atoms with Crippen molar-refractivity contribution in [2.45, 2.75) is 19.4 Å². The van der Waals surface area contributed by atoms with Gasteiger partial charge in [-0.25, -0.2) is 4.98 Å². The maximum Gasteiger partial charge on any atom is 0.263 e. The molecule has 0 aliphatic carbocycles. The molecule has 2 aromatic heterocycles. The number of nitrogens with two attached hydrogens (primary N) is 1. The monoisotopic (exact) mass is 313 g/mol. The third-order valence-electron chi connectivity index (χ3n) is 3.64. The van der Waals surface area contributed by atoms with E-state index in [1.165, 1.54) is 22.2 Å². The maximum absolute atomic E-state index is 12.7. The number of primary amides is 1. The van der Waals surface area contributed by atoms with Gasteiger partial charge in [-0.05, 0) is 23.4 Å². The molecule has 2 N–H and O–H groups in total. The molecule has 1 aromatic carbocycles. The molecule has 0 fully saturated rings. The molecule has 22 heavy (non-hydrogen) atoms. The predicted octanol–water partition coefficient (Wildman–Crippen LogP) is 2.04. The van der Waals surface area contributed by atoms with Gasteiger partial charge in [0.25, 0.3) is 5.56 Å². The van der Waals surface area contributed by atoms with Crippen LogP contribution >= 0.6 is 11.3 Å². The summed E-state index contributed by atoms with van der Waals surface area (Å²) in [5, 5.41) is 2.45. The van der Waals surface area contributed by atoms with Crippen LogP contribution in [0.1, 0.15) is 17.2 Å². The van der Waals surface area contributed by atoms with Gasteiger partial charge < -0.3 is 5.73 Å². The van der Waals surface area contributed by atoms with Gasteiger partial charge in [-0.1, -0.05) is 30.3 Å². The van der Waals surface area contributed by atoms with Gasteiger partial charge in [-0.2, -0.15) is 0 Å². The molecule has 6 heteroatoms. The van der Waals surface area contributed by atoms with Crippen LogP contribution in [0.4, 0.5) is 0 Å². The summed E-state index contributed by atoms with van der Waals surface area (Å²) in [6, 6.07) is 8.75. The number of carbonyl (C=O) groups is 1. The summed E-state index contributed by atoms with van der Waals surface area (Å²) in [5.74, 6) is -0.542. The van der Waals surface area contributed by atoms with Crippen LogP contribution in [-0.4, -0.2) is 15.5 Å². The molecular formula is C16H15N3O2S. The summed E-state index contributed by atoms with van der Waals surface area (Å²) < 4.78 is 1.34. The highest BCUT2D eigenvalue weighted by Gasteiger charge is 2.21. The summed E-state index contributed by atoms with van der Waals surface area (Å²) in [6.45, 7) is 1.86. The molecule has 0 radical (unpaired) electrons. The SMILES string of the molecule is Cc1csc2ncn([C@@H](Cc3ccccc3)C(N)=O)c(=O)c12. The minimum absolute atomic E-state index is 0.219. The molecule has 0 saturated heterocycles. The van der Waals surface area contributed by atoms with Crippen LogP contribution in [0.3, 0.4) is 0 Å². The van der Waals surface area contributed by atoms with Gasteiger partial charge in [0.05, 0.1) is 11.7 Å². The molecule has 2 heterocycles. The first-order valence-corrected chi connectivity index (χ1v) is 7.74. The molecule has 5 nitrogen and oxygen atoms in total. The Labute approximate surface area is 131 Å². The zero-order valence-electron chi connectivity index (χ0n) is 12.0. The minimum atomic E-state index is -0.744. The third-order valence-corrected chi connectivity index (χ3v) is 4.64. The molecule has 3 aromatic rings. The number of hydrogen-bond acceptors (Lipinski definition) is 4. The smallest absolute Gasteiger partial charge is 0.263 e. The molecule has 0 unspecified atom stereocenters. The number of thiophene rings is 1. The molecule has 0 bridgehead atoms. The zero-order chi connectivity index (χ0) is 15.7. The summed E-state index contributed by atoms with van der Waals surface area (Å²) >= 11 is 1.42. The first-order chi connectivity index (χ1) is 10.6. The van der Waals surface area contributed by atoms with E-state index in [2.05, 4.69) is 4.98 Å². The minimum Gasteiger partial charge on any atom is -0.368 e. The number of fused-ring (bicyclic) bond motifs is 1. The Morgan fingerprint density at radius 1 is 1.36 bits per heavy atom. The van der Waals surface area contributed by atoms with Crippen molar-refractivity contribution in [1.82, 2.24) is 9.55 Å². The average molecular weight is 313 g/mol. The number of nitrogens with zero attached hydrogens (tertiary/aromatic N) is 2. The topological polar surface area (TPSA) is 78.0 Å². The molecule has 0 saturated carbocycles. The third kappa shape index (κ3) is 2.53. The number of carbonyl (C=O) groups excluding carboxylic acids is 1. The van der Waals surface area contributed by atoms with E-state index >= 15 is 0 Å². The zero-order valence-corrected chi connectivity index (χ0v) is 12.8. The first-order valence-electron chi connectivity index (χ1n) is 6.86. The second kappa shape index (κ2) is 5.73. The van der Waals surface area contributed by atoms with E-state index in [9.17, 15) is 9.59 Å². The van der Waals surface area contributed by atoms with Crippen LogP contribution < -0.4 is 11.3 Å². The fraction of sp³-hybridized carbons (Fsp3) is 0.188. The van der Waals surface area contributed by atoms with Crippen molar-refractivity contribution in [3.63, 3.8) is 0 Å². The lowest BCUT2D eigenvalue weighted by Crippen LogP contribution is -2.35. The fourth-order valence-electron chi connectivity index (χ4n) is 2.48. The molecule has 0 aliphatic rings. The van der Waals surface area contributed by atoms with Crippen LogP contribution in [0.2, 0.25) is 0 Å². The first kappa shape index (κ1) is 14.5. The van der Waals surface area contributed by atoms with E-state index < -0.39 is 11.9 Å². The lowest BCUT2D eigenvalue weighted by molar-refractivity contribution is -0.121. The fourth-order valence-corrected chi connectivity index (χ4v) is 3.36. The van der Waals surface area contributed by atoms with E-state index in [-0.39, 0.29) is 5.56 Å². The number of hydrogen-bond donors (Lipinski definition) is 1. The molecule has 112 valence electrons. The molecule has 0 spiro atoms.